The fourth-order valence-electron chi connectivity index (χ4n) is 2.05. The van der Waals surface area contributed by atoms with Crippen LogP contribution in [0, 0.1) is 0 Å². The number of hydrogen-bond acceptors (Lipinski definition) is 5. The molecule has 0 spiro atoms. The number of anilines is 1. The second-order valence-electron chi connectivity index (χ2n) is 4.70. The molecule has 1 aromatic heterocycles. The Hall–Kier alpha value is -1.88. The van der Waals surface area contributed by atoms with E-state index in [1.807, 2.05) is 18.2 Å². The van der Waals surface area contributed by atoms with Gasteiger partial charge in [0.15, 0.2) is 0 Å². The number of aromatic nitrogens is 2. The smallest absolute Gasteiger partial charge is 0.305 e. The van der Waals surface area contributed by atoms with Crippen molar-refractivity contribution in [1.29, 1.82) is 0 Å². The lowest BCUT2D eigenvalue weighted by molar-refractivity contribution is -0.140. The van der Waals surface area contributed by atoms with Gasteiger partial charge in [-0.1, -0.05) is 18.0 Å². The lowest BCUT2D eigenvalue weighted by Gasteiger charge is -2.08. The van der Waals surface area contributed by atoms with Gasteiger partial charge in [0.2, 0.25) is 0 Å². The molecule has 21 heavy (non-hydrogen) atoms. The van der Waals surface area contributed by atoms with Crippen LogP contribution in [-0.2, 0) is 9.53 Å². The van der Waals surface area contributed by atoms with Crippen LogP contribution in [0.5, 0.6) is 0 Å². The number of unbranched alkanes of at least 4 members (excludes halogenated alkanes) is 2. The standard InChI is InChI=1S/C15H18ClN3O2/c1-21-14(20)5-3-2-4-8-17-15-12-7-6-11(16)9-13(12)18-10-19-15/h6-7,9-10H,2-5,8H2,1H3,(H,17,18,19). The summed E-state index contributed by atoms with van der Waals surface area (Å²) < 4.78 is 4.60. The number of methoxy groups -OCH3 is 1. The molecule has 0 atom stereocenters. The first-order chi connectivity index (χ1) is 10.2. The number of carbonyl (C=O) groups is 1. The summed E-state index contributed by atoms with van der Waals surface area (Å²) in [4.78, 5) is 19.4. The first-order valence-electron chi connectivity index (χ1n) is 6.91. The number of fused-ring (bicyclic) bond motifs is 1. The van der Waals surface area contributed by atoms with Crippen LogP contribution in [0.1, 0.15) is 25.7 Å². The van der Waals surface area contributed by atoms with Gasteiger partial charge < -0.3 is 10.1 Å². The lowest BCUT2D eigenvalue weighted by atomic mass is 10.2. The van der Waals surface area contributed by atoms with Crippen LogP contribution in [0.15, 0.2) is 24.5 Å². The van der Waals surface area contributed by atoms with E-state index in [0.717, 1.165) is 42.5 Å². The van der Waals surface area contributed by atoms with E-state index in [1.54, 1.807) is 0 Å². The van der Waals surface area contributed by atoms with Crippen molar-refractivity contribution in [2.75, 3.05) is 19.0 Å². The van der Waals surface area contributed by atoms with Crippen LogP contribution in [0.25, 0.3) is 10.9 Å². The zero-order valence-electron chi connectivity index (χ0n) is 11.9. The van der Waals surface area contributed by atoms with Gasteiger partial charge in [-0.15, -0.1) is 0 Å². The number of benzene rings is 1. The number of nitrogens with zero attached hydrogens (tertiary/aromatic N) is 2. The van der Waals surface area contributed by atoms with Crippen LogP contribution in [0.2, 0.25) is 5.02 Å². The summed E-state index contributed by atoms with van der Waals surface area (Å²) in [7, 11) is 1.41. The molecule has 0 aliphatic rings. The maximum Gasteiger partial charge on any atom is 0.305 e. The highest BCUT2D eigenvalue weighted by atomic mass is 35.5. The van der Waals surface area contributed by atoms with Crippen LogP contribution in [0.3, 0.4) is 0 Å². The topological polar surface area (TPSA) is 64.1 Å². The minimum Gasteiger partial charge on any atom is -0.469 e. The molecule has 0 amide bonds. The first-order valence-corrected chi connectivity index (χ1v) is 7.29. The highest BCUT2D eigenvalue weighted by Gasteiger charge is 2.04. The van der Waals surface area contributed by atoms with Crippen molar-refractivity contribution in [2.45, 2.75) is 25.7 Å². The van der Waals surface area contributed by atoms with Gasteiger partial charge in [-0.05, 0) is 31.0 Å². The van der Waals surface area contributed by atoms with E-state index in [-0.39, 0.29) is 5.97 Å². The summed E-state index contributed by atoms with van der Waals surface area (Å²) in [6.45, 7) is 0.802. The fourth-order valence-corrected chi connectivity index (χ4v) is 2.22. The number of ether oxygens (including phenoxy) is 1. The number of nitrogens with one attached hydrogen (secondary N) is 1. The van der Waals surface area contributed by atoms with Crippen molar-refractivity contribution >= 4 is 34.3 Å². The maximum absolute atomic E-state index is 11.0. The van der Waals surface area contributed by atoms with Crippen LogP contribution in [-0.4, -0.2) is 29.6 Å². The molecule has 2 rings (SSSR count). The van der Waals surface area contributed by atoms with Crippen molar-refractivity contribution < 1.29 is 9.53 Å². The molecule has 0 bridgehead atoms. The SMILES string of the molecule is COC(=O)CCCCCNc1ncnc2cc(Cl)ccc12. The number of hydrogen-bond donors (Lipinski definition) is 1. The second kappa shape index (κ2) is 7.78. The fraction of sp³-hybridized carbons (Fsp3) is 0.400. The van der Waals surface area contributed by atoms with Crippen molar-refractivity contribution in [3.8, 4) is 0 Å². The Morgan fingerprint density at radius 3 is 2.95 bits per heavy atom. The van der Waals surface area contributed by atoms with E-state index >= 15 is 0 Å². The van der Waals surface area contributed by atoms with E-state index in [9.17, 15) is 4.79 Å². The molecule has 0 saturated carbocycles. The molecule has 5 nitrogen and oxygen atoms in total. The van der Waals surface area contributed by atoms with Gasteiger partial charge in [-0.2, -0.15) is 0 Å². The molecular formula is C15H18ClN3O2. The predicted molar refractivity (Wildman–Crippen MR) is 83.5 cm³/mol. The highest BCUT2D eigenvalue weighted by Crippen LogP contribution is 2.22. The summed E-state index contributed by atoms with van der Waals surface area (Å²) in [5.41, 5.74) is 0.825. The molecule has 0 unspecified atom stereocenters. The zero-order valence-corrected chi connectivity index (χ0v) is 12.7. The molecule has 2 aromatic rings. The number of rotatable bonds is 7. The summed E-state index contributed by atoms with van der Waals surface area (Å²) in [5.74, 6) is 0.659. The first kappa shape index (κ1) is 15.5. The van der Waals surface area contributed by atoms with E-state index < -0.39 is 0 Å². The quantitative estimate of drug-likeness (QED) is 0.627. The third-order valence-electron chi connectivity index (χ3n) is 3.18. The van der Waals surface area contributed by atoms with Gasteiger partial charge in [-0.3, -0.25) is 4.79 Å². The van der Waals surface area contributed by atoms with Gasteiger partial charge in [-0.25, -0.2) is 9.97 Å². The maximum atomic E-state index is 11.0. The molecule has 0 aliphatic heterocycles. The van der Waals surface area contributed by atoms with E-state index in [4.69, 9.17) is 11.6 Å². The molecule has 112 valence electrons. The number of carbonyl (C=O) groups excluding carboxylic acids is 1. The monoisotopic (exact) mass is 307 g/mol. The lowest BCUT2D eigenvalue weighted by Crippen LogP contribution is -2.05. The average Bonchev–Trinajstić information content (AvgIpc) is 2.50. The van der Waals surface area contributed by atoms with Crippen molar-refractivity contribution in [3.05, 3.63) is 29.5 Å². The second-order valence-corrected chi connectivity index (χ2v) is 5.13. The van der Waals surface area contributed by atoms with E-state index in [0.29, 0.717) is 11.4 Å². The molecule has 0 aliphatic carbocycles. The normalized spacial score (nSPS) is 10.6. The molecule has 1 N–H and O–H groups in total. The van der Waals surface area contributed by atoms with Gasteiger partial charge in [0.1, 0.15) is 12.1 Å². The summed E-state index contributed by atoms with van der Waals surface area (Å²) in [5, 5.41) is 4.92. The summed E-state index contributed by atoms with van der Waals surface area (Å²) in [6.07, 6.45) is 4.78. The number of esters is 1. The molecule has 1 heterocycles. The molecule has 0 radical (unpaired) electrons. The van der Waals surface area contributed by atoms with Crippen LogP contribution in [0.4, 0.5) is 5.82 Å². The number of halogens is 1. The Labute approximate surface area is 128 Å². The van der Waals surface area contributed by atoms with Gasteiger partial charge in [0, 0.05) is 23.4 Å². The molecule has 6 heteroatoms. The Morgan fingerprint density at radius 1 is 1.29 bits per heavy atom. The van der Waals surface area contributed by atoms with Gasteiger partial charge in [0.05, 0.1) is 12.6 Å². The Morgan fingerprint density at radius 2 is 2.14 bits per heavy atom. The van der Waals surface area contributed by atoms with E-state index in [2.05, 4.69) is 20.0 Å². The third-order valence-corrected chi connectivity index (χ3v) is 3.41. The molecule has 1 aromatic carbocycles. The predicted octanol–water partition coefficient (Wildman–Crippen LogP) is 3.43. The van der Waals surface area contributed by atoms with E-state index in [1.165, 1.54) is 13.4 Å². The summed E-state index contributed by atoms with van der Waals surface area (Å²) in [6, 6.07) is 5.56. The van der Waals surface area contributed by atoms with Gasteiger partial charge >= 0.3 is 5.97 Å². The minimum atomic E-state index is -0.151. The highest BCUT2D eigenvalue weighted by molar-refractivity contribution is 6.31. The summed E-state index contributed by atoms with van der Waals surface area (Å²) >= 11 is 5.95. The minimum absolute atomic E-state index is 0.151. The largest absolute Gasteiger partial charge is 0.469 e. The Balaban J connectivity index is 1.82. The molecule has 0 saturated heterocycles. The Kier molecular flexibility index (Phi) is 5.75. The van der Waals surface area contributed by atoms with Crippen LogP contribution >= 0.6 is 11.6 Å². The molecular weight excluding hydrogens is 290 g/mol. The Bertz CT molecular complexity index is 619. The zero-order chi connectivity index (χ0) is 15.1. The third kappa shape index (κ3) is 4.56. The molecule has 0 fully saturated rings. The van der Waals surface area contributed by atoms with Crippen molar-refractivity contribution in [2.24, 2.45) is 0 Å². The van der Waals surface area contributed by atoms with Gasteiger partial charge in [0.25, 0.3) is 0 Å². The van der Waals surface area contributed by atoms with Crippen molar-refractivity contribution in [1.82, 2.24) is 9.97 Å². The van der Waals surface area contributed by atoms with Crippen molar-refractivity contribution in [3.63, 3.8) is 0 Å². The average molecular weight is 308 g/mol. The van der Waals surface area contributed by atoms with Crippen LogP contribution < -0.4 is 5.32 Å².